The summed E-state index contributed by atoms with van der Waals surface area (Å²) in [6, 6.07) is 9.94. The molecule has 150 valence electrons. The minimum Gasteiger partial charge on any atom is -0.497 e. The molecule has 7 heteroatoms. The van der Waals surface area contributed by atoms with Crippen LogP contribution in [-0.2, 0) is 11.3 Å². The highest BCUT2D eigenvalue weighted by atomic mass is 19.1. The molecule has 0 aliphatic carbocycles. The number of benzene rings is 2. The van der Waals surface area contributed by atoms with E-state index in [1.165, 1.54) is 26.4 Å². The molecule has 28 heavy (non-hydrogen) atoms. The molecular weight excluding hydrogens is 363 g/mol. The number of carbonyl (C=O) groups excluding carboxylic acids is 2. The van der Waals surface area contributed by atoms with Crippen LogP contribution in [0.2, 0.25) is 0 Å². The Bertz CT molecular complexity index is 799. The first kappa shape index (κ1) is 21.2. The maximum Gasteiger partial charge on any atom is 0.252 e. The van der Waals surface area contributed by atoms with E-state index in [4.69, 9.17) is 9.47 Å². The van der Waals surface area contributed by atoms with Gasteiger partial charge in [0.15, 0.2) is 0 Å². The minimum absolute atomic E-state index is 0.135. The predicted octanol–water partition coefficient (Wildman–Crippen LogP) is 2.91. The largest absolute Gasteiger partial charge is 0.497 e. The van der Waals surface area contributed by atoms with Crippen molar-refractivity contribution in [3.8, 4) is 11.5 Å². The average molecular weight is 388 g/mol. The van der Waals surface area contributed by atoms with E-state index in [1.807, 2.05) is 13.8 Å². The van der Waals surface area contributed by atoms with Gasteiger partial charge in [0, 0.05) is 18.2 Å². The topological polar surface area (TPSA) is 76.7 Å². The van der Waals surface area contributed by atoms with Gasteiger partial charge in [-0.15, -0.1) is 0 Å². The first-order valence-electron chi connectivity index (χ1n) is 8.90. The molecule has 0 aromatic heterocycles. The van der Waals surface area contributed by atoms with Gasteiger partial charge in [-0.3, -0.25) is 9.59 Å². The number of nitrogens with one attached hydrogen (secondary N) is 2. The third kappa shape index (κ3) is 5.70. The lowest BCUT2D eigenvalue weighted by atomic mass is 10.0. The predicted molar refractivity (Wildman–Crippen MR) is 104 cm³/mol. The fraction of sp³-hybridized carbons (Fsp3) is 0.333. The minimum atomic E-state index is -0.731. The number of rotatable bonds is 8. The zero-order chi connectivity index (χ0) is 20.7. The number of ether oxygens (including phenoxy) is 2. The molecule has 0 aliphatic heterocycles. The number of carbonyl (C=O) groups is 2. The molecule has 0 fully saturated rings. The SMILES string of the molecule is COc1cc(OC)cc(C(=O)NC(C(=O)NCc2ccc(F)cc2)C(C)C)c1. The van der Waals surface area contributed by atoms with E-state index in [0.29, 0.717) is 17.1 Å². The number of hydrogen-bond acceptors (Lipinski definition) is 4. The number of amides is 2. The van der Waals surface area contributed by atoms with Gasteiger partial charge in [-0.05, 0) is 35.7 Å². The average Bonchev–Trinajstić information content (AvgIpc) is 2.70. The summed E-state index contributed by atoms with van der Waals surface area (Å²) < 4.78 is 23.3. The van der Waals surface area contributed by atoms with Crippen molar-refractivity contribution in [2.24, 2.45) is 5.92 Å². The number of methoxy groups -OCH3 is 2. The second kappa shape index (κ2) is 9.73. The van der Waals surface area contributed by atoms with Crippen LogP contribution in [0.5, 0.6) is 11.5 Å². The Kier molecular flexibility index (Phi) is 7.37. The van der Waals surface area contributed by atoms with Gasteiger partial charge in [-0.2, -0.15) is 0 Å². The van der Waals surface area contributed by atoms with Crippen molar-refractivity contribution < 1.29 is 23.5 Å². The lowest BCUT2D eigenvalue weighted by Gasteiger charge is -2.22. The van der Waals surface area contributed by atoms with Crippen LogP contribution in [0, 0.1) is 11.7 Å². The van der Waals surface area contributed by atoms with Crippen molar-refractivity contribution in [1.82, 2.24) is 10.6 Å². The molecule has 0 aliphatic rings. The van der Waals surface area contributed by atoms with Crippen LogP contribution < -0.4 is 20.1 Å². The van der Waals surface area contributed by atoms with Crippen molar-refractivity contribution in [3.05, 3.63) is 59.4 Å². The van der Waals surface area contributed by atoms with Crippen LogP contribution in [0.1, 0.15) is 29.8 Å². The summed E-state index contributed by atoms with van der Waals surface area (Å²) in [6.45, 7) is 3.92. The molecule has 0 heterocycles. The molecule has 0 radical (unpaired) electrons. The number of hydrogen-bond donors (Lipinski definition) is 2. The second-order valence-corrected chi connectivity index (χ2v) is 6.64. The van der Waals surface area contributed by atoms with E-state index in [2.05, 4.69) is 10.6 Å². The van der Waals surface area contributed by atoms with Crippen molar-refractivity contribution >= 4 is 11.8 Å². The summed E-state index contributed by atoms with van der Waals surface area (Å²) in [6.07, 6.45) is 0. The zero-order valence-electron chi connectivity index (χ0n) is 16.4. The van der Waals surface area contributed by atoms with E-state index in [0.717, 1.165) is 5.56 Å². The summed E-state index contributed by atoms with van der Waals surface area (Å²) in [5.41, 5.74) is 1.09. The smallest absolute Gasteiger partial charge is 0.252 e. The normalized spacial score (nSPS) is 11.6. The molecule has 1 atom stereocenters. The van der Waals surface area contributed by atoms with Gasteiger partial charge in [0.2, 0.25) is 5.91 Å². The highest BCUT2D eigenvalue weighted by Gasteiger charge is 2.25. The van der Waals surface area contributed by atoms with Crippen LogP contribution in [0.4, 0.5) is 4.39 Å². The Morgan fingerprint density at radius 3 is 2.07 bits per heavy atom. The molecule has 2 rings (SSSR count). The third-order valence-electron chi connectivity index (χ3n) is 4.23. The maximum absolute atomic E-state index is 13.0. The van der Waals surface area contributed by atoms with Gasteiger partial charge in [0.05, 0.1) is 14.2 Å². The van der Waals surface area contributed by atoms with Crippen LogP contribution >= 0.6 is 0 Å². The van der Waals surface area contributed by atoms with Crippen LogP contribution in [0.15, 0.2) is 42.5 Å². The van der Waals surface area contributed by atoms with Crippen LogP contribution in [-0.4, -0.2) is 32.1 Å². The molecule has 2 aromatic rings. The summed E-state index contributed by atoms with van der Waals surface area (Å²) in [5.74, 6) is -0.242. The van der Waals surface area contributed by atoms with E-state index in [9.17, 15) is 14.0 Å². The van der Waals surface area contributed by atoms with E-state index >= 15 is 0 Å². The Balaban J connectivity index is 2.07. The first-order valence-corrected chi connectivity index (χ1v) is 8.90. The summed E-state index contributed by atoms with van der Waals surface area (Å²) in [5, 5.41) is 5.53. The monoisotopic (exact) mass is 388 g/mol. The van der Waals surface area contributed by atoms with Gasteiger partial charge in [0.1, 0.15) is 23.4 Å². The molecule has 0 spiro atoms. The van der Waals surface area contributed by atoms with Crippen LogP contribution in [0.25, 0.3) is 0 Å². The van der Waals surface area contributed by atoms with E-state index in [1.54, 1.807) is 30.3 Å². The molecule has 0 saturated heterocycles. The lowest BCUT2D eigenvalue weighted by molar-refractivity contribution is -0.124. The van der Waals surface area contributed by atoms with Crippen molar-refractivity contribution in [2.45, 2.75) is 26.4 Å². The molecule has 0 bridgehead atoms. The molecule has 6 nitrogen and oxygen atoms in total. The Labute approximate surface area is 164 Å². The Hall–Kier alpha value is -3.09. The fourth-order valence-electron chi connectivity index (χ4n) is 2.60. The molecule has 2 N–H and O–H groups in total. The van der Waals surface area contributed by atoms with Gasteiger partial charge in [-0.25, -0.2) is 4.39 Å². The van der Waals surface area contributed by atoms with E-state index < -0.39 is 11.9 Å². The van der Waals surface area contributed by atoms with Gasteiger partial charge in [-0.1, -0.05) is 26.0 Å². The van der Waals surface area contributed by atoms with E-state index in [-0.39, 0.29) is 24.2 Å². The van der Waals surface area contributed by atoms with Gasteiger partial charge < -0.3 is 20.1 Å². The standard InChI is InChI=1S/C21H25FN2O4/c1-13(2)19(21(26)23-12-14-5-7-16(22)8-6-14)24-20(25)15-9-17(27-3)11-18(10-15)28-4/h5-11,13,19H,12H2,1-4H3,(H,23,26)(H,24,25). The quantitative estimate of drug-likeness (QED) is 0.729. The van der Waals surface area contributed by atoms with Gasteiger partial charge >= 0.3 is 0 Å². The molecular formula is C21H25FN2O4. The Morgan fingerprint density at radius 2 is 1.57 bits per heavy atom. The van der Waals surface area contributed by atoms with Crippen molar-refractivity contribution in [1.29, 1.82) is 0 Å². The lowest BCUT2D eigenvalue weighted by Crippen LogP contribution is -2.49. The zero-order valence-corrected chi connectivity index (χ0v) is 16.4. The molecule has 2 amide bonds. The second-order valence-electron chi connectivity index (χ2n) is 6.64. The first-order chi connectivity index (χ1) is 13.3. The molecule has 1 unspecified atom stereocenters. The fourth-order valence-corrected chi connectivity index (χ4v) is 2.60. The molecule has 0 saturated carbocycles. The molecule has 2 aromatic carbocycles. The third-order valence-corrected chi connectivity index (χ3v) is 4.23. The van der Waals surface area contributed by atoms with Crippen molar-refractivity contribution in [2.75, 3.05) is 14.2 Å². The summed E-state index contributed by atoms with van der Waals surface area (Å²) in [7, 11) is 2.99. The summed E-state index contributed by atoms with van der Waals surface area (Å²) in [4.78, 5) is 25.3. The maximum atomic E-state index is 13.0. The van der Waals surface area contributed by atoms with Crippen molar-refractivity contribution in [3.63, 3.8) is 0 Å². The highest BCUT2D eigenvalue weighted by Crippen LogP contribution is 2.22. The Morgan fingerprint density at radius 1 is 1.00 bits per heavy atom. The summed E-state index contributed by atoms with van der Waals surface area (Å²) >= 11 is 0. The van der Waals surface area contributed by atoms with Crippen LogP contribution in [0.3, 0.4) is 0 Å². The van der Waals surface area contributed by atoms with Gasteiger partial charge in [0.25, 0.3) is 5.91 Å². The number of halogens is 1. The highest BCUT2D eigenvalue weighted by molar-refractivity contribution is 5.98.